The van der Waals surface area contributed by atoms with Gasteiger partial charge in [0.1, 0.15) is 5.82 Å². The summed E-state index contributed by atoms with van der Waals surface area (Å²) >= 11 is 0. The predicted octanol–water partition coefficient (Wildman–Crippen LogP) is 10.4. The van der Waals surface area contributed by atoms with Crippen molar-refractivity contribution in [2.24, 2.45) is 0 Å². The summed E-state index contributed by atoms with van der Waals surface area (Å²) in [7, 11) is 0. The molecule has 31 heavy (non-hydrogen) atoms. The van der Waals surface area contributed by atoms with Crippen molar-refractivity contribution in [2.75, 3.05) is 0 Å². The maximum atomic E-state index is 4.80. The summed E-state index contributed by atoms with van der Waals surface area (Å²) in [6.45, 7) is 9.34. The third kappa shape index (κ3) is 13.4. The van der Waals surface area contributed by atoms with Crippen molar-refractivity contribution in [3.8, 4) is 0 Å². The van der Waals surface area contributed by atoms with Crippen LogP contribution in [0.3, 0.4) is 0 Å². The highest BCUT2D eigenvalue weighted by atomic mass is 15.1. The first kappa shape index (κ1) is 28.2. The summed E-state index contributed by atoms with van der Waals surface area (Å²) < 4.78 is 2.50. The summed E-state index contributed by atoms with van der Waals surface area (Å²) in [5.41, 5.74) is 0. The van der Waals surface area contributed by atoms with Crippen LogP contribution in [-0.4, -0.2) is 9.55 Å². The van der Waals surface area contributed by atoms with E-state index in [1.807, 2.05) is 6.20 Å². The minimum Gasteiger partial charge on any atom is -0.332 e. The lowest BCUT2D eigenvalue weighted by molar-refractivity contribution is 0.425. The fourth-order valence-corrected chi connectivity index (χ4v) is 4.94. The van der Waals surface area contributed by atoms with E-state index in [1.54, 1.807) is 0 Å². The molecule has 0 aliphatic carbocycles. The minimum absolute atomic E-state index is 0.592. The van der Waals surface area contributed by atoms with Crippen LogP contribution in [0.4, 0.5) is 0 Å². The molecule has 0 N–H and O–H groups in total. The molecular formula is C29H56N2. The molecule has 2 unspecified atom stereocenters. The Balaban J connectivity index is 2.20. The van der Waals surface area contributed by atoms with Crippen molar-refractivity contribution < 1.29 is 0 Å². The normalized spacial score (nSPS) is 13.5. The Bertz CT molecular complexity index is 493. The molecule has 0 bridgehead atoms. The molecule has 2 heteroatoms. The third-order valence-electron chi connectivity index (χ3n) is 7.16. The molecule has 1 aromatic heterocycles. The molecule has 0 radical (unpaired) electrons. The molecule has 1 heterocycles. The molecule has 0 saturated carbocycles. The van der Waals surface area contributed by atoms with Crippen molar-refractivity contribution in [1.29, 1.82) is 0 Å². The van der Waals surface area contributed by atoms with E-state index in [-0.39, 0.29) is 0 Å². The van der Waals surface area contributed by atoms with E-state index in [9.17, 15) is 0 Å². The van der Waals surface area contributed by atoms with Crippen LogP contribution in [-0.2, 0) is 0 Å². The van der Waals surface area contributed by atoms with Crippen LogP contribution < -0.4 is 0 Å². The highest BCUT2D eigenvalue weighted by Gasteiger charge is 2.17. The van der Waals surface area contributed by atoms with Crippen LogP contribution in [0.5, 0.6) is 0 Å². The maximum absolute atomic E-state index is 4.80. The topological polar surface area (TPSA) is 17.8 Å². The Morgan fingerprint density at radius 1 is 0.645 bits per heavy atom. The second-order valence-electron chi connectivity index (χ2n) is 10.0. The molecule has 0 amide bonds. The second kappa shape index (κ2) is 19.9. The Kier molecular flexibility index (Phi) is 18.1. The Hall–Kier alpha value is -0.790. The predicted molar refractivity (Wildman–Crippen MR) is 139 cm³/mol. The number of imidazole rings is 1. The Morgan fingerprint density at radius 3 is 1.58 bits per heavy atom. The molecule has 1 rings (SSSR count). The molecule has 182 valence electrons. The molecule has 0 aliphatic heterocycles. The van der Waals surface area contributed by atoms with Gasteiger partial charge in [-0.2, -0.15) is 0 Å². The van der Waals surface area contributed by atoms with Gasteiger partial charge in [0, 0.05) is 24.4 Å². The smallest absolute Gasteiger partial charge is 0.111 e. The van der Waals surface area contributed by atoms with Crippen molar-refractivity contribution in [3.63, 3.8) is 0 Å². The average molecular weight is 433 g/mol. The average Bonchev–Trinajstić information content (AvgIpc) is 3.26. The lowest BCUT2D eigenvalue weighted by Crippen LogP contribution is -2.12. The van der Waals surface area contributed by atoms with Crippen LogP contribution in [0, 0.1) is 0 Å². The largest absolute Gasteiger partial charge is 0.332 e. The fraction of sp³-hybridized carbons (Fsp3) is 0.897. The number of hydrogen-bond donors (Lipinski definition) is 0. The van der Waals surface area contributed by atoms with Crippen LogP contribution in [0.25, 0.3) is 0 Å². The van der Waals surface area contributed by atoms with Crippen LogP contribution in [0.2, 0.25) is 0 Å². The highest BCUT2D eigenvalue weighted by Crippen LogP contribution is 2.28. The van der Waals surface area contributed by atoms with Gasteiger partial charge in [0.15, 0.2) is 0 Å². The van der Waals surface area contributed by atoms with Gasteiger partial charge < -0.3 is 4.57 Å². The molecule has 2 nitrogen and oxygen atoms in total. The molecule has 0 saturated heterocycles. The summed E-state index contributed by atoms with van der Waals surface area (Å²) in [6.07, 6.45) is 32.1. The molecule has 0 aliphatic rings. The van der Waals surface area contributed by atoms with Crippen molar-refractivity contribution in [2.45, 2.75) is 168 Å². The van der Waals surface area contributed by atoms with E-state index in [0.29, 0.717) is 12.0 Å². The molecule has 0 aromatic carbocycles. The zero-order valence-corrected chi connectivity index (χ0v) is 21.8. The SMILES string of the molecule is CCCCCCCCCCCCCC(C)n1ccnc1C(CC)CCCCCCCC. The minimum atomic E-state index is 0.592. The standard InChI is InChI=1S/C29H56N2/c1-5-8-10-12-14-15-16-17-18-19-21-23-27(4)31-26-25-30-29(31)28(7-3)24-22-20-13-11-9-6-2/h25-28H,5-24H2,1-4H3. The molecular weight excluding hydrogens is 376 g/mol. The lowest BCUT2D eigenvalue weighted by Gasteiger charge is -2.21. The van der Waals surface area contributed by atoms with Gasteiger partial charge in [-0.3, -0.25) is 0 Å². The maximum Gasteiger partial charge on any atom is 0.111 e. The quantitative estimate of drug-likeness (QED) is 0.167. The molecule has 1 aromatic rings. The van der Waals surface area contributed by atoms with Gasteiger partial charge in [0.25, 0.3) is 0 Å². The van der Waals surface area contributed by atoms with Gasteiger partial charge in [-0.15, -0.1) is 0 Å². The fourth-order valence-electron chi connectivity index (χ4n) is 4.94. The third-order valence-corrected chi connectivity index (χ3v) is 7.16. The molecule has 0 spiro atoms. The van der Waals surface area contributed by atoms with Gasteiger partial charge in [-0.25, -0.2) is 4.98 Å². The van der Waals surface area contributed by atoms with Crippen molar-refractivity contribution in [1.82, 2.24) is 9.55 Å². The van der Waals surface area contributed by atoms with E-state index in [1.165, 1.54) is 134 Å². The van der Waals surface area contributed by atoms with Crippen molar-refractivity contribution in [3.05, 3.63) is 18.2 Å². The van der Waals surface area contributed by atoms with E-state index in [2.05, 4.69) is 38.5 Å². The van der Waals surface area contributed by atoms with Crippen LogP contribution >= 0.6 is 0 Å². The number of unbranched alkanes of at least 4 members (excludes halogenated alkanes) is 15. The number of rotatable bonds is 22. The molecule has 2 atom stereocenters. The summed E-state index contributed by atoms with van der Waals surface area (Å²) in [5.74, 6) is 1.99. The van der Waals surface area contributed by atoms with E-state index < -0.39 is 0 Å². The van der Waals surface area contributed by atoms with E-state index in [4.69, 9.17) is 4.98 Å². The Labute approximate surface area is 196 Å². The van der Waals surface area contributed by atoms with Gasteiger partial charge in [0.05, 0.1) is 0 Å². The summed E-state index contributed by atoms with van der Waals surface area (Å²) in [5, 5.41) is 0. The van der Waals surface area contributed by atoms with Gasteiger partial charge in [-0.1, -0.05) is 130 Å². The monoisotopic (exact) mass is 432 g/mol. The number of nitrogens with zero attached hydrogens (tertiary/aromatic N) is 2. The molecule has 0 fully saturated rings. The van der Waals surface area contributed by atoms with Crippen molar-refractivity contribution >= 4 is 0 Å². The second-order valence-corrected chi connectivity index (χ2v) is 10.0. The first-order valence-electron chi connectivity index (χ1n) is 14.3. The van der Waals surface area contributed by atoms with Crippen LogP contribution in [0.15, 0.2) is 12.4 Å². The van der Waals surface area contributed by atoms with Gasteiger partial charge in [0.2, 0.25) is 0 Å². The van der Waals surface area contributed by atoms with Crippen LogP contribution in [0.1, 0.15) is 174 Å². The summed E-state index contributed by atoms with van der Waals surface area (Å²) in [6, 6.07) is 0.592. The first-order valence-corrected chi connectivity index (χ1v) is 14.3. The highest BCUT2D eigenvalue weighted by molar-refractivity contribution is 5.02. The lowest BCUT2D eigenvalue weighted by atomic mass is 9.96. The van der Waals surface area contributed by atoms with E-state index in [0.717, 1.165) is 0 Å². The Morgan fingerprint density at radius 2 is 1.10 bits per heavy atom. The summed E-state index contributed by atoms with van der Waals surface area (Å²) in [4.78, 5) is 4.80. The first-order chi connectivity index (χ1) is 15.2. The van der Waals surface area contributed by atoms with Gasteiger partial charge >= 0.3 is 0 Å². The van der Waals surface area contributed by atoms with Gasteiger partial charge in [-0.05, 0) is 26.2 Å². The number of hydrogen-bond acceptors (Lipinski definition) is 1. The number of aromatic nitrogens is 2. The zero-order chi connectivity index (χ0) is 22.6. The van der Waals surface area contributed by atoms with E-state index >= 15 is 0 Å². The zero-order valence-electron chi connectivity index (χ0n) is 21.8.